The van der Waals surface area contributed by atoms with Gasteiger partial charge in [0.2, 0.25) is 11.8 Å². The molecule has 3 rings (SSSR count). The molecule has 4 atom stereocenters. The highest BCUT2D eigenvalue weighted by atomic mass is 79.9. The van der Waals surface area contributed by atoms with Gasteiger partial charge in [-0.15, -0.1) is 0 Å². The molecular formula is C17H17Br2NO4. The van der Waals surface area contributed by atoms with Gasteiger partial charge in [-0.25, -0.2) is 4.79 Å². The van der Waals surface area contributed by atoms with E-state index in [1.807, 2.05) is 0 Å². The van der Waals surface area contributed by atoms with Crippen molar-refractivity contribution in [2.24, 2.45) is 11.8 Å². The largest absolute Gasteiger partial charge is 0.462 e. The number of benzene rings is 1. The summed E-state index contributed by atoms with van der Waals surface area (Å²) in [6.45, 7) is 2.04. The Balaban J connectivity index is 1.83. The van der Waals surface area contributed by atoms with Crippen LogP contribution in [0.25, 0.3) is 0 Å². The molecular weight excluding hydrogens is 442 g/mol. The summed E-state index contributed by atoms with van der Waals surface area (Å²) >= 11 is 7.15. The van der Waals surface area contributed by atoms with Gasteiger partial charge in [0.25, 0.3) is 0 Å². The van der Waals surface area contributed by atoms with Crippen LogP contribution in [0.1, 0.15) is 30.1 Å². The normalized spacial score (nSPS) is 29.5. The van der Waals surface area contributed by atoms with Crippen molar-refractivity contribution in [1.29, 1.82) is 0 Å². The second kappa shape index (κ2) is 6.96. The number of nitrogens with zero attached hydrogens (tertiary/aromatic N) is 1. The van der Waals surface area contributed by atoms with Gasteiger partial charge in [0.15, 0.2) is 0 Å². The van der Waals surface area contributed by atoms with Crippen molar-refractivity contribution < 1.29 is 19.1 Å². The second-order valence-electron chi connectivity index (χ2n) is 6.00. The average Bonchev–Trinajstić information content (AvgIpc) is 2.79. The average molecular weight is 459 g/mol. The third kappa shape index (κ3) is 3.04. The highest BCUT2D eigenvalue weighted by Crippen LogP contribution is 2.44. The van der Waals surface area contributed by atoms with Crippen LogP contribution in [-0.2, 0) is 14.3 Å². The summed E-state index contributed by atoms with van der Waals surface area (Å²) < 4.78 is 4.94. The number of amides is 2. The molecule has 0 spiro atoms. The lowest BCUT2D eigenvalue weighted by Gasteiger charge is -2.29. The van der Waals surface area contributed by atoms with Gasteiger partial charge < -0.3 is 4.74 Å². The molecule has 1 aromatic carbocycles. The van der Waals surface area contributed by atoms with Crippen molar-refractivity contribution in [2.45, 2.75) is 29.4 Å². The van der Waals surface area contributed by atoms with Crippen LogP contribution in [0.3, 0.4) is 0 Å². The minimum Gasteiger partial charge on any atom is -0.462 e. The first-order valence-corrected chi connectivity index (χ1v) is 9.70. The van der Waals surface area contributed by atoms with Crippen molar-refractivity contribution in [1.82, 2.24) is 0 Å². The smallest absolute Gasteiger partial charge is 0.338 e. The summed E-state index contributed by atoms with van der Waals surface area (Å²) in [5.41, 5.74) is 0.905. The first kappa shape index (κ1) is 17.6. The third-order valence-electron chi connectivity index (χ3n) is 4.55. The first-order valence-electron chi connectivity index (χ1n) is 7.87. The molecule has 1 saturated heterocycles. The molecule has 1 aliphatic carbocycles. The maximum atomic E-state index is 12.7. The predicted octanol–water partition coefficient (Wildman–Crippen LogP) is 3.29. The molecule has 1 aliphatic heterocycles. The molecule has 1 aromatic rings. The van der Waals surface area contributed by atoms with Crippen LogP contribution in [0, 0.1) is 11.8 Å². The van der Waals surface area contributed by atoms with Crippen LogP contribution < -0.4 is 4.90 Å². The summed E-state index contributed by atoms with van der Waals surface area (Å²) in [6.07, 6.45) is 1.28. The van der Waals surface area contributed by atoms with Crippen LogP contribution >= 0.6 is 31.9 Å². The van der Waals surface area contributed by atoms with Crippen LogP contribution in [-0.4, -0.2) is 34.0 Å². The Morgan fingerprint density at radius 2 is 1.58 bits per heavy atom. The minimum atomic E-state index is -0.416. The number of imide groups is 1. The van der Waals surface area contributed by atoms with E-state index >= 15 is 0 Å². The van der Waals surface area contributed by atoms with E-state index in [1.165, 1.54) is 4.90 Å². The van der Waals surface area contributed by atoms with Gasteiger partial charge in [0, 0.05) is 9.65 Å². The van der Waals surface area contributed by atoms with Crippen LogP contribution in [0.15, 0.2) is 24.3 Å². The Labute approximate surface area is 157 Å². The van der Waals surface area contributed by atoms with Gasteiger partial charge in [-0.05, 0) is 44.0 Å². The zero-order valence-electron chi connectivity index (χ0n) is 13.1. The standard InChI is InChI=1S/C17H17Br2NO4/c1-2-24-17(23)9-3-5-10(6-4-9)20-15(21)11-7-13(18)14(19)8-12(11)16(20)22/h3-6,11-14H,2,7-8H2,1H3/t11-,12-,13-,14+/m1/s1. The fourth-order valence-corrected chi connectivity index (χ4v) is 4.55. The lowest BCUT2D eigenvalue weighted by Crippen LogP contribution is -2.34. The highest BCUT2D eigenvalue weighted by molar-refractivity contribution is 9.12. The molecule has 2 fully saturated rings. The van der Waals surface area contributed by atoms with Crippen molar-refractivity contribution in [3.05, 3.63) is 29.8 Å². The van der Waals surface area contributed by atoms with Gasteiger partial charge in [-0.2, -0.15) is 0 Å². The molecule has 0 radical (unpaired) electrons. The number of rotatable bonds is 3. The lowest BCUT2D eigenvalue weighted by atomic mass is 9.81. The van der Waals surface area contributed by atoms with Crippen molar-refractivity contribution in [3.8, 4) is 0 Å². The molecule has 0 bridgehead atoms. The van der Waals surface area contributed by atoms with E-state index in [0.717, 1.165) is 0 Å². The van der Waals surface area contributed by atoms with Crippen molar-refractivity contribution in [2.75, 3.05) is 11.5 Å². The number of fused-ring (bicyclic) bond motifs is 1. The van der Waals surface area contributed by atoms with Gasteiger partial charge in [-0.3, -0.25) is 14.5 Å². The molecule has 2 amide bonds. The molecule has 2 aliphatic rings. The zero-order valence-corrected chi connectivity index (χ0v) is 16.2. The Morgan fingerprint density at radius 1 is 1.08 bits per heavy atom. The lowest BCUT2D eigenvalue weighted by molar-refractivity contribution is -0.122. The van der Waals surface area contributed by atoms with Gasteiger partial charge >= 0.3 is 5.97 Å². The Morgan fingerprint density at radius 3 is 2.04 bits per heavy atom. The van der Waals surface area contributed by atoms with Crippen LogP contribution in [0.4, 0.5) is 5.69 Å². The van der Waals surface area contributed by atoms with E-state index < -0.39 is 5.97 Å². The quantitative estimate of drug-likeness (QED) is 0.396. The second-order valence-corrected chi connectivity index (χ2v) is 8.35. The third-order valence-corrected chi connectivity index (χ3v) is 7.28. The van der Waals surface area contributed by atoms with E-state index in [9.17, 15) is 14.4 Å². The summed E-state index contributed by atoms with van der Waals surface area (Å²) in [7, 11) is 0. The topological polar surface area (TPSA) is 63.7 Å². The minimum absolute atomic E-state index is 0.155. The molecule has 0 N–H and O–H groups in total. The van der Waals surface area contributed by atoms with Crippen molar-refractivity contribution in [3.63, 3.8) is 0 Å². The molecule has 5 nitrogen and oxygen atoms in total. The fraction of sp³-hybridized carbons (Fsp3) is 0.471. The zero-order chi connectivity index (χ0) is 17.4. The van der Waals surface area contributed by atoms with Crippen LogP contribution in [0.2, 0.25) is 0 Å². The Kier molecular flexibility index (Phi) is 5.11. The number of hydrogen-bond donors (Lipinski definition) is 0. The maximum absolute atomic E-state index is 12.7. The van der Waals surface area contributed by atoms with E-state index in [1.54, 1.807) is 31.2 Å². The number of anilines is 1. The van der Waals surface area contributed by atoms with E-state index in [-0.39, 0.29) is 33.3 Å². The Bertz CT molecular complexity index is 648. The number of ether oxygens (including phenoxy) is 1. The van der Waals surface area contributed by atoms with Crippen LogP contribution in [0.5, 0.6) is 0 Å². The van der Waals surface area contributed by atoms with Gasteiger partial charge in [0.05, 0.1) is 29.7 Å². The fourth-order valence-electron chi connectivity index (χ4n) is 3.31. The van der Waals surface area contributed by atoms with E-state index in [0.29, 0.717) is 30.7 Å². The summed E-state index contributed by atoms with van der Waals surface area (Å²) in [4.78, 5) is 38.7. The maximum Gasteiger partial charge on any atom is 0.338 e. The first-order chi connectivity index (χ1) is 11.4. The molecule has 1 heterocycles. The molecule has 0 aromatic heterocycles. The molecule has 0 unspecified atom stereocenters. The molecule has 128 valence electrons. The number of alkyl halides is 2. The van der Waals surface area contributed by atoms with Crippen molar-refractivity contribution >= 4 is 55.3 Å². The highest BCUT2D eigenvalue weighted by Gasteiger charge is 2.52. The SMILES string of the molecule is CCOC(=O)c1ccc(N2C(=O)[C@@H]3C[C@@H](Br)[C@@H](Br)C[C@H]3C2=O)cc1. The summed E-state index contributed by atoms with van der Waals surface area (Å²) in [5, 5.41) is 0. The number of esters is 1. The monoisotopic (exact) mass is 457 g/mol. The predicted molar refractivity (Wildman–Crippen MR) is 96.5 cm³/mol. The Hall–Kier alpha value is -1.21. The van der Waals surface area contributed by atoms with E-state index in [2.05, 4.69) is 31.9 Å². The number of carbonyl (C=O) groups is 3. The van der Waals surface area contributed by atoms with E-state index in [4.69, 9.17) is 4.74 Å². The van der Waals surface area contributed by atoms with Gasteiger partial charge in [-0.1, -0.05) is 31.9 Å². The molecule has 7 heteroatoms. The molecule has 24 heavy (non-hydrogen) atoms. The molecule has 1 saturated carbocycles. The van der Waals surface area contributed by atoms with Gasteiger partial charge in [0.1, 0.15) is 0 Å². The summed E-state index contributed by atoms with van der Waals surface area (Å²) in [6, 6.07) is 6.40. The number of hydrogen-bond acceptors (Lipinski definition) is 4. The number of carbonyl (C=O) groups excluding carboxylic acids is 3. The summed E-state index contributed by atoms with van der Waals surface area (Å²) in [5.74, 6) is -1.28. The number of halogens is 2.